The van der Waals surface area contributed by atoms with Crippen LogP contribution in [-0.4, -0.2) is 27.2 Å². The van der Waals surface area contributed by atoms with Gasteiger partial charge in [0.05, 0.1) is 28.9 Å². The molecular weight excluding hydrogens is 444 g/mol. The number of thioether (sulfide) groups is 1. The van der Waals surface area contributed by atoms with Gasteiger partial charge in [-0.15, -0.1) is 11.3 Å². The number of nitrogens with one attached hydrogen (secondary N) is 2. The van der Waals surface area contributed by atoms with Crippen LogP contribution in [0.1, 0.15) is 10.4 Å². The summed E-state index contributed by atoms with van der Waals surface area (Å²) in [6.45, 7) is 2.26. The molecule has 0 bridgehead atoms. The van der Waals surface area contributed by atoms with E-state index in [1.807, 2.05) is 54.8 Å². The lowest BCUT2D eigenvalue weighted by molar-refractivity contribution is -0.117. The highest BCUT2D eigenvalue weighted by atomic mass is 32.2. The van der Waals surface area contributed by atoms with E-state index in [9.17, 15) is 14.4 Å². The lowest BCUT2D eigenvalue weighted by atomic mass is 10.2. The van der Waals surface area contributed by atoms with Gasteiger partial charge in [-0.2, -0.15) is 0 Å². The lowest BCUT2D eigenvalue weighted by Crippen LogP contribution is -2.39. The maximum absolute atomic E-state index is 13.3. The van der Waals surface area contributed by atoms with E-state index in [4.69, 9.17) is 0 Å². The summed E-state index contributed by atoms with van der Waals surface area (Å²) in [4.78, 5) is 43.2. The molecule has 2 N–H and O–H groups in total. The van der Waals surface area contributed by atoms with E-state index < -0.39 is 11.9 Å². The van der Waals surface area contributed by atoms with Crippen molar-refractivity contribution in [2.75, 3.05) is 5.75 Å². The van der Waals surface area contributed by atoms with Crippen molar-refractivity contribution in [1.82, 2.24) is 20.2 Å². The van der Waals surface area contributed by atoms with E-state index in [0.29, 0.717) is 28.3 Å². The number of hydrogen-bond donors (Lipinski definition) is 2. The van der Waals surface area contributed by atoms with Crippen molar-refractivity contribution in [2.24, 2.45) is 0 Å². The summed E-state index contributed by atoms with van der Waals surface area (Å²) in [6, 6.07) is 17.8. The number of aromatic nitrogens is 2. The molecule has 2 heterocycles. The third-order valence-corrected chi connectivity index (χ3v) is 6.50. The molecule has 0 saturated carbocycles. The molecule has 32 heavy (non-hydrogen) atoms. The summed E-state index contributed by atoms with van der Waals surface area (Å²) in [5, 5.41) is 7.77. The van der Waals surface area contributed by atoms with Crippen LogP contribution in [-0.2, 0) is 11.3 Å². The van der Waals surface area contributed by atoms with Gasteiger partial charge in [0.2, 0.25) is 5.91 Å². The molecular formula is C23H20N4O3S2. The van der Waals surface area contributed by atoms with Crippen molar-refractivity contribution < 1.29 is 9.59 Å². The Balaban J connectivity index is 1.54. The summed E-state index contributed by atoms with van der Waals surface area (Å²) >= 11 is 2.63. The van der Waals surface area contributed by atoms with Crippen molar-refractivity contribution >= 4 is 45.9 Å². The summed E-state index contributed by atoms with van der Waals surface area (Å²) in [7, 11) is 0. The zero-order valence-corrected chi connectivity index (χ0v) is 18.8. The van der Waals surface area contributed by atoms with Crippen molar-refractivity contribution in [2.45, 2.75) is 18.6 Å². The van der Waals surface area contributed by atoms with Crippen LogP contribution in [0.4, 0.5) is 4.79 Å². The van der Waals surface area contributed by atoms with Crippen molar-refractivity contribution in [3.63, 3.8) is 0 Å². The fourth-order valence-corrected chi connectivity index (χ4v) is 4.60. The molecule has 4 rings (SSSR count). The second-order valence-electron chi connectivity index (χ2n) is 6.94. The van der Waals surface area contributed by atoms with Crippen LogP contribution in [0.3, 0.4) is 0 Å². The van der Waals surface area contributed by atoms with E-state index in [2.05, 4.69) is 15.6 Å². The van der Waals surface area contributed by atoms with Gasteiger partial charge in [-0.05, 0) is 42.1 Å². The number of aryl methyl sites for hydroxylation is 1. The molecule has 0 aliphatic carbocycles. The maximum Gasteiger partial charge on any atom is 0.321 e. The highest BCUT2D eigenvalue weighted by molar-refractivity contribution is 7.99. The molecule has 2 aromatic heterocycles. The van der Waals surface area contributed by atoms with E-state index >= 15 is 0 Å². The minimum Gasteiger partial charge on any atom is -0.333 e. The standard InChI is InChI=1S/C23H20N4O3S2/c1-15-7-2-5-11-19(15)27-21(29)17-9-3-4-10-18(17)25-23(27)32-14-20(28)26-22(30)24-13-16-8-6-12-31-16/h2-12H,13-14H2,1H3,(H2,24,26,28,30). The zero-order chi connectivity index (χ0) is 22.5. The second-order valence-corrected chi connectivity index (χ2v) is 8.91. The number of thiophene rings is 1. The Morgan fingerprint density at radius 1 is 1.06 bits per heavy atom. The monoisotopic (exact) mass is 464 g/mol. The third kappa shape index (κ3) is 4.90. The van der Waals surface area contributed by atoms with Crippen molar-refractivity contribution in [3.8, 4) is 5.69 Å². The first-order valence-corrected chi connectivity index (χ1v) is 11.7. The molecule has 4 aromatic rings. The Morgan fingerprint density at radius 2 is 1.84 bits per heavy atom. The normalized spacial score (nSPS) is 10.8. The molecule has 0 spiro atoms. The number of hydrogen-bond acceptors (Lipinski definition) is 6. The summed E-state index contributed by atoms with van der Waals surface area (Å²) in [5.41, 5.74) is 1.96. The number of rotatable bonds is 6. The molecule has 3 amide bonds. The van der Waals surface area contributed by atoms with Crippen LogP contribution < -0.4 is 16.2 Å². The number of para-hydroxylation sites is 2. The van der Waals surface area contributed by atoms with Crippen LogP contribution in [0.5, 0.6) is 0 Å². The van der Waals surface area contributed by atoms with Crippen molar-refractivity contribution in [1.29, 1.82) is 0 Å². The number of carbonyl (C=O) groups excluding carboxylic acids is 2. The molecule has 0 saturated heterocycles. The Bertz CT molecular complexity index is 1330. The first-order chi connectivity index (χ1) is 15.5. The largest absolute Gasteiger partial charge is 0.333 e. The Morgan fingerprint density at radius 3 is 2.62 bits per heavy atom. The quantitative estimate of drug-likeness (QED) is 0.334. The van der Waals surface area contributed by atoms with Crippen LogP contribution in [0.15, 0.2) is 76.0 Å². The molecule has 0 radical (unpaired) electrons. The predicted octanol–water partition coefficient (Wildman–Crippen LogP) is 3.87. The maximum atomic E-state index is 13.3. The minimum absolute atomic E-state index is 0.0664. The highest BCUT2D eigenvalue weighted by Crippen LogP contribution is 2.23. The van der Waals surface area contributed by atoms with E-state index in [-0.39, 0.29) is 11.3 Å². The van der Waals surface area contributed by atoms with Gasteiger partial charge in [-0.1, -0.05) is 48.2 Å². The molecule has 0 atom stereocenters. The number of urea groups is 1. The Labute approximate surface area is 192 Å². The molecule has 9 heteroatoms. The summed E-state index contributed by atoms with van der Waals surface area (Å²) < 4.78 is 1.52. The molecule has 162 valence electrons. The minimum atomic E-state index is -0.563. The molecule has 0 aliphatic heterocycles. The van der Waals surface area contributed by atoms with Gasteiger partial charge in [-0.25, -0.2) is 9.78 Å². The highest BCUT2D eigenvalue weighted by Gasteiger charge is 2.16. The van der Waals surface area contributed by atoms with Gasteiger partial charge in [0, 0.05) is 4.88 Å². The van der Waals surface area contributed by atoms with Gasteiger partial charge < -0.3 is 5.32 Å². The number of amides is 3. The summed E-state index contributed by atoms with van der Waals surface area (Å²) in [6.07, 6.45) is 0. The molecule has 2 aromatic carbocycles. The molecule has 0 unspecified atom stereocenters. The first kappa shape index (κ1) is 21.8. The Hall–Kier alpha value is -3.43. The van der Waals surface area contributed by atoms with Crippen LogP contribution in [0.25, 0.3) is 16.6 Å². The lowest BCUT2D eigenvalue weighted by Gasteiger charge is -2.15. The SMILES string of the molecule is Cc1ccccc1-n1c(SCC(=O)NC(=O)NCc2cccs2)nc2ccccc2c1=O. The van der Waals surface area contributed by atoms with Gasteiger partial charge >= 0.3 is 6.03 Å². The van der Waals surface area contributed by atoms with Crippen LogP contribution in [0, 0.1) is 6.92 Å². The number of imide groups is 1. The van der Waals surface area contributed by atoms with Gasteiger partial charge in [-0.3, -0.25) is 19.5 Å². The zero-order valence-electron chi connectivity index (χ0n) is 17.2. The fourth-order valence-electron chi connectivity index (χ4n) is 3.15. The fraction of sp³-hybridized carbons (Fsp3) is 0.130. The second kappa shape index (κ2) is 9.80. The molecule has 0 fully saturated rings. The van der Waals surface area contributed by atoms with Crippen LogP contribution in [0.2, 0.25) is 0 Å². The number of benzene rings is 2. The van der Waals surface area contributed by atoms with Crippen molar-refractivity contribution in [3.05, 3.63) is 86.8 Å². The summed E-state index contributed by atoms with van der Waals surface area (Å²) in [5.74, 6) is -0.541. The van der Waals surface area contributed by atoms with Gasteiger partial charge in [0.1, 0.15) is 0 Å². The van der Waals surface area contributed by atoms with Gasteiger partial charge in [0.25, 0.3) is 5.56 Å². The predicted molar refractivity (Wildman–Crippen MR) is 127 cm³/mol. The number of nitrogens with zero attached hydrogens (tertiary/aromatic N) is 2. The first-order valence-electron chi connectivity index (χ1n) is 9.83. The topological polar surface area (TPSA) is 93.1 Å². The van der Waals surface area contributed by atoms with E-state index in [0.717, 1.165) is 22.2 Å². The average molecular weight is 465 g/mol. The number of carbonyl (C=O) groups is 2. The molecule has 7 nitrogen and oxygen atoms in total. The third-order valence-electron chi connectivity index (χ3n) is 4.69. The average Bonchev–Trinajstić information content (AvgIpc) is 3.31. The molecule has 0 aliphatic rings. The number of fused-ring (bicyclic) bond motifs is 1. The van der Waals surface area contributed by atoms with E-state index in [1.54, 1.807) is 18.2 Å². The van der Waals surface area contributed by atoms with Crippen LogP contribution >= 0.6 is 23.1 Å². The van der Waals surface area contributed by atoms with Gasteiger partial charge in [0.15, 0.2) is 5.16 Å². The Kier molecular flexibility index (Phi) is 6.67. The van der Waals surface area contributed by atoms with E-state index in [1.165, 1.54) is 15.9 Å². The smallest absolute Gasteiger partial charge is 0.321 e.